The molecule has 7 nitrogen and oxygen atoms in total. The average molecular weight is 615 g/mol. The number of hydrogen-bond donors (Lipinski definition) is 0. The van der Waals surface area contributed by atoms with Crippen LogP contribution < -0.4 is 0 Å². The highest BCUT2D eigenvalue weighted by Gasteiger charge is 2.52. The number of carbonyl (C=O) groups excluding carboxylic acids is 1. The second-order valence-electron chi connectivity index (χ2n) is 10.8. The van der Waals surface area contributed by atoms with Gasteiger partial charge >= 0.3 is 6.18 Å². The van der Waals surface area contributed by atoms with Crippen LogP contribution in [0.2, 0.25) is 0 Å². The molecule has 0 spiro atoms. The maximum atomic E-state index is 14.5. The fourth-order valence-corrected chi connectivity index (χ4v) is 7.79. The number of benzene rings is 1. The number of nitrogens with zero attached hydrogens (tertiary/aromatic N) is 4. The largest absolute Gasteiger partial charge is 0.416 e. The van der Waals surface area contributed by atoms with Crippen LogP contribution in [0, 0.1) is 11.2 Å². The van der Waals surface area contributed by atoms with Crippen molar-refractivity contribution >= 4 is 21.7 Å². The normalized spacial score (nSPS) is 21.5. The number of hydrogen-bond acceptors (Lipinski definition) is 5. The molecule has 0 aliphatic heterocycles. The Hall–Kier alpha value is -4.06. The molecule has 1 fully saturated rings. The Kier molecular flexibility index (Phi) is 7.93. The monoisotopic (exact) mass is 614 g/mol. The Morgan fingerprint density at radius 2 is 1.84 bits per heavy atom. The summed E-state index contributed by atoms with van der Waals surface area (Å²) >= 11 is 0. The number of fused-ring (bicyclic) bond motifs is 2. The van der Waals surface area contributed by atoms with Gasteiger partial charge in [0.2, 0.25) is 0 Å². The van der Waals surface area contributed by atoms with Crippen LogP contribution in [0.3, 0.4) is 0 Å². The predicted molar refractivity (Wildman–Crippen MR) is 153 cm³/mol. The van der Waals surface area contributed by atoms with E-state index >= 15 is 0 Å². The molecular weight excluding hydrogens is 584 g/mol. The van der Waals surface area contributed by atoms with E-state index in [0.717, 1.165) is 12.2 Å². The quantitative estimate of drug-likeness (QED) is 0.178. The second kappa shape index (κ2) is 11.2. The molecule has 1 saturated carbocycles. The second-order valence-corrected chi connectivity index (χ2v) is 13.0. The van der Waals surface area contributed by atoms with E-state index in [2.05, 4.69) is 10.2 Å². The standard InChI is InChI=1S/C31H30F4N4O3S/c1-4-6-23(31(33,34)35)13-20(5-2)29(40)30-15-21-17-37-39(25-10-8-24(32)9-11-25)28(21)14-22(30)7-12-26(16-30)43(41,42)27-18-36-38(3)19-27/h4-6,8-11,13-14,17-19,26H,7,12,15-16H2,1-3H3/b6-4-,20-5-,23-13+/t26-,30-/m0/s1. The van der Waals surface area contributed by atoms with Crippen molar-refractivity contribution in [3.05, 3.63) is 101 Å². The van der Waals surface area contributed by atoms with Gasteiger partial charge in [-0.3, -0.25) is 9.48 Å². The Balaban J connectivity index is 1.64. The van der Waals surface area contributed by atoms with E-state index in [1.54, 1.807) is 36.1 Å². The average Bonchev–Trinajstić information content (AvgIpc) is 3.59. The summed E-state index contributed by atoms with van der Waals surface area (Å²) in [6.07, 6.45) is 5.97. The zero-order chi connectivity index (χ0) is 31.2. The van der Waals surface area contributed by atoms with Gasteiger partial charge in [-0.15, -0.1) is 0 Å². The number of allylic oxidation sites excluding steroid dienone is 7. The molecule has 0 saturated heterocycles. The summed E-state index contributed by atoms with van der Waals surface area (Å²) < 4.78 is 85.5. The Bertz CT molecular complexity index is 1790. The molecule has 0 amide bonds. The van der Waals surface area contributed by atoms with Crippen LogP contribution in [-0.2, 0) is 28.1 Å². The third kappa shape index (κ3) is 5.55. The minimum Gasteiger partial charge on any atom is -0.293 e. The van der Waals surface area contributed by atoms with Crippen molar-refractivity contribution in [2.24, 2.45) is 12.5 Å². The smallest absolute Gasteiger partial charge is 0.293 e. The van der Waals surface area contributed by atoms with Crippen molar-refractivity contribution in [2.45, 2.75) is 55.9 Å². The van der Waals surface area contributed by atoms with Crippen molar-refractivity contribution in [3.63, 3.8) is 0 Å². The first-order valence-electron chi connectivity index (χ1n) is 13.7. The van der Waals surface area contributed by atoms with Crippen LogP contribution in [0.4, 0.5) is 17.6 Å². The lowest BCUT2D eigenvalue weighted by Gasteiger charge is -2.44. The summed E-state index contributed by atoms with van der Waals surface area (Å²) in [6.45, 7) is 2.94. The molecule has 2 aliphatic rings. The lowest BCUT2D eigenvalue weighted by atomic mass is 9.60. The van der Waals surface area contributed by atoms with Gasteiger partial charge in [0.15, 0.2) is 15.6 Å². The van der Waals surface area contributed by atoms with E-state index in [4.69, 9.17) is 0 Å². The number of alkyl halides is 3. The molecule has 2 atom stereocenters. The molecule has 0 N–H and O–H groups in total. The van der Waals surface area contributed by atoms with Crippen molar-refractivity contribution in [2.75, 3.05) is 0 Å². The van der Waals surface area contributed by atoms with Gasteiger partial charge in [-0.25, -0.2) is 17.5 Å². The minimum absolute atomic E-state index is 0.0225. The van der Waals surface area contributed by atoms with Crippen LogP contribution in [0.15, 0.2) is 88.8 Å². The molecule has 0 radical (unpaired) electrons. The molecule has 5 rings (SSSR count). The third-order valence-corrected chi connectivity index (χ3v) is 10.3. The summed E-state index contributed by atoms with van der Waals surface area (Å²) in [5, 5.41) is 7.48. The SMILES string of the molecule is C\C=C/C(=C\C(=C\C)C(=O)[C@]12Cc3cnn(-c4ccc(F)cc4)c3C=C1CC[C@H](S(=O)(=O)c1cnn(C)c1)C2)C(F)(F)F. The van der Waals surface area contributed by atoms with Crippen molar-refractivity contribution in [1.82, 2.24) is 19.6 Å². The van der Waals surface area contributed by atoms with Gasteiger partial charge in [0.1, 0.15) is 10.7 Å². The van der Waals surface area contributed by atoms with Gasteiger partial charge in [-0.1, -0.05) is 23.8 Å². The van der Waals surface area contributed by atoms with Gasteiger partial charge in [-0.05, 0) is 81.5 Å². The number of carbonyl (C=O) groups is 1. The fourth-order valence-electron chi connectivity index (χ4n) is 5.98. The van der Waals surface area contributed by atoms with E-state index in [0.29, 0.717) is 22.5 Å². The molecule has 43 heavy (non-hydrogen) atoms. The van der Waals surface area contributed by atoms with Crippen LogP contribution in [-0.4, -0.2) is 45.2 Å². The first-order valence-corrected chi connectivity index (χ1v) is 15.2. The molecule has 2 aromatic heterocycles. The highest BCUT2D eigenvalue weighted by molar-refractivity contribution is 7.92. The molecule has 226 valence electrons. The number of halogens is 4. The van der Waals surface area contributed by atoms with E-state index in [9.17, 15) is 30.8 Å². The minimum atomic E-state index is -4.70. The lowest BCUT2D eigenvalue weighted by molar-refractivity contribution is -0.123. The third-order valence-electron chi connectivity index (χ3n) is 8.13. The zero-order valence-electron chi connectivity index (χ0n) is 23.8. The highest BCUT2D eigenvalue weighted by Crippen LogP contribution is 2.52. The number of rotatable bonds is 7. The van der Waals surface area contributed by atoms with Crippen LogP contribution in [0.1, 0.15) is 44.4 Å². The molecule has 1 aromatic carbocycles. The Labute approximate surface area is 246 Å². The van der Waals surface area contributed by atoms with Gasteiger partial charge in [0.25, 0.3) is 0 Å². The van der Waals surface area contributed by atoms with Gasteiger partial charge in [0.05, 0.1) is 40.0 Å². The Morgan fingerprint density at radius 1 is 1.12 bits per heavy atom. The van der Waals surface area contributed by atoms with Crippen molar-refractivity contribution in [1.29, 1.82) is 0 Å². The van der Waals surface area contributed by atoms with E-state index < -0.39 is 43.9 Å². The molecular formula is C31H30F4N4O3S. The van der Waals surface area contributed by atoms with Crippen molar-refractivity contribution < 1.29 is 30.8 Å². The first-order chi connectivity index (χ1) is 20.3. The van der Waals surface area contributed by atoms with Gasteiger partial charge in [0, 0.05) is 18.8 Å². The number of ketones is 1. The summed E-state index contributed by atoms with van der Waals surface area (Å²) in [4.78, 5) is 14.5. The number of Topliss-reactive ketones (excluding diaryl/α,β-unsaturated/α-hetero) is 1. The summed E-state index contributed by atoms with van der Waals surface area (Å²) in [5.74, 6) is -0.997. The van der Waals surface area contributed by atoms with E-state index in [-0.39, 0.29) is 36.2 Å². The number of aryl methyl sites for hydroxylation is 1. The van der Waals surface area contributed by atoms with Crippen LogP contribution in [0.5, 0.6) is 0 Å². The van der Waals surface area contributed by atoms with Crippen LogP contribution >= 0.6 is 0 Å². The molecule has 12 heteroatoms. The molecule has 0 unspecified atom stereocenters. The maximum absolute atomic E-state index is 14.5. The number of sulfone groups is 1. The summed E-state index contributed by atoms with van der Waals surface area (Å²) in [5.41, 5.74) is -0.0825. The maximum Gasteiger partial charge on any atom is 0.416 e. The zero-order valence-corrected chi connectivity index (χ0v) is 24.6. The van der Waals surface area contributed by atoms with E-state index in [1.807, 2.05) is 0 Å². The predicted octanol–water partition coefficient (Wildman–Crippen LogP) is 6.28. The van der Waals surface area contributed by atoms with Gasteiger partial charge < -0.3 is 0 Å². The van der Waals surface area contributed by atoms with Crippen LogP contribution in [0.25, 0.3) is 11.8 Å². The fraction of sp³-hybridized carbons (Fsp3) is 0.323. The Morgan fingerprint density at radius 3 is 2.44 bits per heavy atom. The summed E-state index contributed by atoms with van der Waals surface area (Å²) in [6, 6.07) is 5.73. The van der Waals surface area contributed by atoms with Gasteiger partial charge in [-0.2, -0.15) is 23.4 Å². The topological polar surface area (TPSA) is 86.8 Å². The lowest BCUT2D eigenvalue weighted by Crippen LogP contribution is -2.46. The number of aromatic nitrogens is 4. The first kappa shape index (κ1) is 30.4. The van der Waals surface area contributed by atoms with E-state index in [1.165, 1.54) is 55.2 Å². The van der Waals surface area contributed by atoms with Crippen molar-refractivity contribution in [3.8, 4) is 5.69 Å². The summed E-state index contributed by atoms with van der Waals surface area (Å²) in [7, 11) is -2.32. The molecule has 0 bridgehead atoms. The highest BCUT2D eigenvalue weighted by atomic mass is 32.2. The molecule has 3 aromatic rings. The molecule has 2 heterocycles. The molecule has 2 aliphatic carbocycles.